The molecule has 0 aliphatic heterocycles. The third kappa shape index (κ3) is 2.66. The van der Waals surface area contributed by atoms with Crippen molar-refractivity contribution in [1.29, 1.82) is 0 Å². The molecule has 4 nitrogen and oxygen atoms in total. The molecule has 0 spiro atoms. The van der Waals surface area contributed by atoms with Crippen LogP contribution in [0.5, 0.6) is 0 Å². The van der Waals surface area contributed by atoms with E-state index in [1.165, 1.54) is 0 Å². The van der Waals surface area contributed by atoms with Gasteiger partial charge in [0.15, 0.2) is 0 Å². The second-order valence-electron chi connectivity index (χ2n) is 4.44. The summed E-state index contributed by atoms with van der Waals surface area (Å²) in [5.41, 5.74) is 3.34. The molecule has 0 atom stereocenters. The van der Waals surface area contributed by atoms with Gasteiger partial charge in [-0.25, -0.2) is 0 Å². The monoisotopic (exact) mass is 381 g/mol. The Kier molecular flexibility index (Phi) is 3.93. The lowest BCUT2D eigenvalue weighted by Crippen LogP contribution is -2.13. The molecule has 0 bridgehead atoms. The average molecular weight is 383 g/mol. The molecule has 0 saturated carbocycles. The van der Waals surface area contributed by atoms with E-state index in [1.54, 1.807) is 18.2 Å². The number of fused-ring (bicyclic) bond motifs is 1. The zero-order valence-electron chi connectivity index (χ0n) is 10.9. The first-order chi connectivity index (χ1) is 10.1. The smallest absolute Gasteiger partial charge is 0.256 e. The van der Waals surface area contributed by atoms with Crippen molar-refractivity contribution in [3.63, 3.8) is 0 Å². The molecule has 2 aromatic carbocycles. The molecule has 3 aromatic rings. The maximum Gasteiger partial charge on any atom is 0.256 e. The number of aryl methyl sites for hydroxylation is 1. The van der Waals surface area contributed by atoms with Gasteiger partial charge in [0, 0.05) is 4.47 Å². The number of aromatic nitrogens is 2. The summed E-state index contributed by atoms with van der Waals surface area (Å²) in [5, 5.41) is 3.26. The van der Waals surface area contributed by atoms with Crippen molar-refractivity contribution < 1.29 is 4.79 Å². The maximum atomic E-state index is 12.5. The third-order valence-electron chi connectivity index (χ3n) is 3.05. The minimum Gasteiger partial charge on any atom is -0.319 e. The fourth-order valence-corrected chi connectivity index (χ4v) is 3.14. The first kappa shape index (κ1) is 14.4. The van der Waals surface area contributed by atoms with Crippen LogP contribution in [0.3, 0.4) is 0 Å². The molecule has 0 aliphatic carbocycles. The van der Waals surface area contributed by atoms with Gasteiger partial charge in [-0.3, -0.25) is 4.79 Å². The molecule has 1 N–H and O–H groups in total. The van der Waals surface area contributed by atoms with Gasteiger partial charge in [-0.15, -0.1) is 0 Å². The first-order valence-corrected chi connectivity index (χ1v) is 7.95. The van der Waals surface area contributed by atoms with Crippen LogP contribution in [0.2, 0.25) is 5.02 Å². The van der Waals surface area contributed by atoms with E-state index in [0.717, 1.165) is 21.8 Å². The van der Waals surface area contributed by atoms with E-state index in [4.69, 9.17) is 11.6 Å². The second kappa shape index (κ2) is 5.71. The molecule has 106 valence electrons. The summed E-state index contributed by atoms with van der Waals surface area (Å²) in [6.07, 6.45) is 0. The van der Waals surface area contributed by atoms with Crippen LogP contribution in [-0.4, -0.2) is 14.7 Å². The van der Waals surface area contributed by atoms with Gasteiger partial charge in [-0.2, -0.15) is 8.75 Å². The second-order valence-corrected chi connectivity index (χ2v) is 6.17. The van der Waals surface area contributed by atoms with Crippen LogP contribution in [0.15, 0.2) is 34.8 Å². The van der Waals surface area contributed by atoms with Crippen molar-refractivity contribution in [1.82, 2.24) is 8.75 Å². The number of nitrogens with zero attached hydrogens (tertiary/aromatic N) is 2. The summed E-state index contributed by atoms with van der Waals surface area (Å²) >= 11 is 10.7. The number of hydrogen-bond acceptors (Lipinski definition) is 4. The zero-order chi connectivity index (χ0) is 15.0. The van der Waals surface area contributed by atoms with E-state index in [2.05, 4.69) is 30.0 Å². The van der Waals surface area contributed by atoms with E-state index < -0.39 is 0 Å². The minimum absolute atomic E-state index is 0.243. The molecule has 0 fully saturated rings. The number of benzene rings is 2. The summed E-state index contributed by atoms with van der Waals surface area (Å²) in [4.78, 5) is 12.5. The highest BCUT2D eigenvalue weighted by Gasteiger charge is 2.16. The fraction of sp³-hybridized carbons (Fsp3) is 0.0714. The third-order valence-corrected chi connectivity index (χ3v) is 4.96. The summed E-state index contributed by atoms with van der Waals surface area (Å²) in [5.74, 6) is -0.243. The van der Waals surface area contributed by atoms with Crippen LogP contribution >= 0.6 is 39.3 Å². The van der Waals surface area contributed by atoms with Crippen molar-refractivity contribution in [2.24, 2.45) is 0 Å². The van der Waals surface area contributed by atoms with Gasteiger partial charge < -0.3 is 5.32 Å². The van der Waals surface area contributed by atoms with Gasteiger partial charge in [0.1, 0.15) is 11.0 Å². The number of halogens is 2. The Bertz CT molecular complexity index is 849. The van der Waals surface area contributed by atoms with Crippen molar-refractivity contribution in [3.8, 4) is 0 Å². The minimum atomic E-state index is -0.243. The predicted octanol–water partition coefficient (Wildman–Crippen LogP) is 4.67. The molecule has 0 radical (unpaired) electrons. The molecule has 7 heteroatoms. The average Bonchev–Trinajstić information content (AvgIpc) is 2.93. The highest BCUT2D eigenvalue weighted by Crippen LogP contribution is 2.31. The summed E-state index contributed by atoms with van der Waals surface area (Å²) < 4.78 is 9.10. The van der Waals surface area contributed by atoms with Crippen LogP contribution in [-0.2, 0) is 0 Å². The van der Waals surface area contributed by atoms with Gasteiger partial charge in [0.05, 0.1) is 28.0 Å². The molecule has 21 heavy (non-hydrogen) atoms. The zero-order valence-corrected chi connectivity index (χ0v) is 14.0. The molecule has 0 unspecified atom stereocenters. The van der Waals surface area contributed by atoms with E-state index in [1.807, 2.05) is 19.1 Å². The highest BCUT2D eigenvalue weighted by molar-refractivity contribution is 9.10. The lowest BCUT2D eigenvalue weighted by atomic mass is 10.1. The topological polar surface area (TPSA) is 54.9 Å². The Balaban J connectivity index is 2.02. The molecule has 0 saturated heterocycles. The number of hydrogen-bond donors (Lipinski definition) is 1. The summed E-state index contributed by atoms with van der Waals surface area (Å²) in [6, 6.07) is 8.99. The first-order valence-electron chi connectivity index (χ1n) is 6.05. The largest absolute Gasteiger partial charge is 0.319 e. The number of carbonyl (C=O) groups is 1. The van der Waals surface area contributed by atoms with Crippen LogP contribution in [0.25, 0.3) is 11.0 Å². The number of nitrogens with one attached hydrogen (secondary N) is 1. The van der Waals surface area contributed by atoms with Crippen molar-refractivity contribution >= 4 is 61.9 Å². The Labute approximate surface area is 138 Å². The maximum absolute atomic E-state index is 12.5. The van der Waals surface area contributed by atoms with Crippen LogP contribution < -0.4 is 5.32 Å². The quantitative estimate of drug-likeness (QED) is 0.701. The normalized spacial score (nSPS) is 10.8. The fourth-order valence-electron chi connectivity index (χ4n) is 1.95. The summed E-state index contributed by atoms with van der Waals surface area (Å²) in [6.45, 7) is 1.93. The SMILES string of the molecule is Cc1cccc(C(=O)Nc2c(Cl)ccc3nsnc23)c1Br. The standard InChI is InChI=1S/C14H9BrClN3OS/c1-7-3-2-4-8(11(7)15)14(20)17-12-9(16)5-6-10-13(12)19-21-18-10/h2-6H,1H3,(H,17,20). The molecular weight excluding hydrogens is 374 g/mol. The number of carbonyl (C=O) groups excluding carboxylic acids is 1. The number of anilines is 1. The van der Waals surface area contributed by atoms with Gasteiger partial charge in [0.2, 0.25) is 0 Å². The van der Waals surface area contributed by atoms with E-state index in [0.29, 0.717) is 27.3 Å². The predicted molar refractivity (Wildman–Crippen MR) is 89.3 cm³/mol. The van der Waals surface area contributed by atoms with Crippen molar-refractivity contribution in [2.45, 2.75) is 6.92 Å². The lowest BCUT2D eigenvalue weighted by Gasteiger charge is -2.10. The lowest BCUT2D eigenvalue weighted by molar-refractivity contribution is 0.102. The van der Waals surface area contributed by atoms with Gasteiger partial charge in [0.25, 0.3) is 5.91 Å². The Morgan fingerprint density at radius 1 is 1.29 bits per heavy atom. The van der Waals surface area contributed by atoms with Crippen molar-refractivity contribution in [2.75, 3.05) is 5.32 Å². The number of amides is 1. The van der Waals surface area contributed by atoms with E-state index in [9.17, 15) is 4.79 Å². The van der Waals surface area contributed by atoms with Crippen LogP contribution in [0.1, 0.15) is 15.9 Å². The van der Waals surface area contributed by atoms with Gasteiger partial charge in [-0.1, -0.05) is 23.7 Å². The van der Waals surface area contributed by atoms with E-state index in [-0.39, 0.29) is 5.91 Å². The Morgan fingerprint density at radius 2 is 2.10 bits per heavy atom. The molecule has 0 aliphatic rings. The molecular formula is C14H9BrClN3OS. The van der Waals surface area contributed by atoms with Crippen LogP contribution in [0.4, 0.5) is 5.69 Å². The van der Waals surface area contributed by atoms with Crippen molar-refractivity contribution in [3.05, 3.63) is 51.0 Å². The molecule has 1 aromatic heterocycles. The van der Waals surface area contributed by atoms with Gasteiger partial charge >= 0.3 is 0 Å². The Hall–Kier alpha value is -1.50. The summed E-state index contributed by atoms with van der Waals surface area (Å²) in [7, 11) is 0. The Morgan fingerprint density at radius 3 is 2.90 bits per heavy atom. The highest BCUT2D eigenvalue weighted by atomic mass is 79.9. The number of rotatable bonds is 2. The van der Waals surface area contributed by atoms with Crippen LogP contribution in [0, 0.1) is 6.92 Å². The molecule has 1 amide bonds. The van der Waals surface area contributed by atoms with Gasteiger partial charge in [-0.05, 0) is 46.6 Å². The molecule has 3 rings (SSSR count). The van der Waals surface area contributed by atoms with E-state index >= 15 is 0 Å². The molecule has 1 heterocycles.